The summed E-state index contributed by atoms with van der Waals surface area (Å²) in [5.41, 5.74) is -4.20. The summed E-state index contributed by atoms with van der Waals surface area (Å²) in [6, 6.07) is 6.49. The molecule has 2 aromatic carbocycles. The van der Waals surface area contributed by atoms with E-state index < -0.39 is 56.3 Å². The minimum absolute atomic E-state index is 0.00724. The van der Waals surface area contributed by atoms with Crippen molar-refractivity contribution in [1.82, 2.24) is 5.32 Å². The first-order valence-electron chi connectivity index (χ1n) is 12.0. The number of hydrogen-bond acceptors (Lipinski definition) is 7. The van der Waals surface area contributed by atoms with Crippen LogP contribution in [0.25, 0.3) is 0 Å². The normalized spacial score (nSPS) is 16.0. The lowest BCUT2D eigenvalue weighted by atomic mass is 10.1. The highest BCUT2D eigenvalue weighted by molar-refractivity contribution is 7.92. The third-order valence-corrected chi connectivity index (χ3v) is 8.26. The molecule has 2 aromatic rings. The van der Waals surface area contributed by atoms with Gasteiger partial charge in [-0.25, -0.2) is 17.6 Å². The van der Waals surface area contributed by atoms with Crippen molar-refractivity contribution in [2.75, 3.05) is 29.8 Å². The number of carbonyl (C=O) groups is 2. The Morgan fingerprint density at radius 2 is 1.78 bits per heavy atom. The van der Waals surface area contributed by atoms with E-state index in [1.165, 1.54) is 33.1 Å². The van der Waals surface area contributed by atoms with Gasteiger partial charge in [0, 0.05) is 12.8 Å². The number of ether oxygens (including phenoxy) is 3. The van der Waals surface area contributed by atoms with E-state index in [1.54, 1.807) is 0 Å². The molecule has 1 aliphatic heterocycles. The van der Waals surface area contributed by atoms with Crippen LogP contribution < -0.4 is 19.7 Å². The summed E-state index contributed by atoms with van der Waals surface area (Å²) >= 11 is 5.81. The minimum atomic E-state index is -4.85. The molecule has 3 rings (SSSR count). The molecule has 16 heteroatoms. The van der Waals surface area contributed by atoms with E-state index >= 15 is 0 Å². The summed E-state index contributed by atoms with van der Waals surface area (Å²) in [7, 11) is -3.09. The molecule has 0 radical (unpaired) electrons. The van der Waals surface area contributed by atoms with Gasteiger partial charge in [-0.1, -0.05) is 11.6 Å². The molecule has 0 bridgehead atoms. The van der Waals surface area contributed by atoms with Crippen LogP contribution in [0.5, 0.6) is 5.75 Å². The van der Waals surface area contributed by atoms with E-state index in [4.69, 9.17) is 21.1 Å². The summed E-state index contributed by atoms with van der Waals surface area (Å²) in [5, 5.41) is 4.32. The van der Waals surface area contributed by atoms with Crippen molar-refractivity contribution in [3.05, 3.63) is 47.2 Å². The Hall–Kier alpha value is -3.30. The number of halogens is 5. The predicted molar refractivity (Wildman–Crippen MR) is 141 cm³/mol. The molecule has 226 valence electrons. The molecule has 2 amide bonds. The van der Waals surface area contributed by atoms with Crippen LogP contribution in [0.1, 0.15) is 27.7 Å². The number of anilines is 2. The number of fused-ring (bicyclic) bond motifs is 1. The number of methoxy groups -OCH3 is 1. The fraction of sp³-hybridized carbons (Fsp3) is 0.440. The largest absolute Gasteiger partial charge is 0.484 e. The topological polar surface area (TPSA) is 123 Å². The molecule has 0 spiro atoms. The standard InChI is InChI=1S/C25H28ClF4N3O7S/c1-23(2,38-5)21(34)31-12-15-13-33(41(36,37)16-7-8-18(27)17(26)11-16)19-10-14(6-9-20(19)39-15)32-22(35)40-24(3,4)25(28,29)30/h6-11,15H,12-13H2,1-5H3,(H,31,34)(H,32,35)/t15-/m0/s1. The molecule has 0 aromatic heterocycles. The Morgan fingerprint density at radius 3 is 2.37 bits per heavy atom. The van der Waals surface area contributed by atoms with E-state index in [-0.39, 0.29) is 35.1 Å². The molecule has 0 fully saturated rings. The van der Waals surface area contributed by atoms with Crippen LogP contribution in [0.15, 0.2) is 41.3 Å². The number of nitrogens with zero attached hydrogens (tertiary/aromatic N) is 1. The van der Waals surface area contributed by atoms with Crippen molar-refractivity contribution >= 4 is 45.0 Å². The van der Waals surface area contributed by atoms with E-state index in [0.717, 1.165) is 28.6 Å². The number of benzene rings is 2. The lowest BCUT2D eigenvalue weighted by Gasteiger charge is -2.36. The van der Waals surface area contributed by atoms with Crippen molar-refractivity contribution < 1.29 is 49.8 Å². The molecule has 0 aliphatic carbocycles. The summed E-state index contributed by atoms with van der Waals surface area (Å²) in [4.78, 5) is 24.3. The number of sulfonamides is 1. The van der Waals surface area contributed by atoms with Gasteiger partial charge in [0.05, 0.1) is 28.7 Å². The van der Waals surface area contributed by atoms with Gasteiger partial charge in [-0.2, -0.15) is 13.2 Å². The summed E-state index contributed by atoms with van der Waals surface area (Å²) in [5.74, 6) is -1.33. The quantitative estimate of drug-likeness (QED) is 0.402. The molecule has 2 N–H and O–H groups in total. The highest BCUT2D eigenvalue weighted by Crippen LogP contribution is 2.40. The molecular formula is C25H28ClF4N3O7S. The van der Waals surface area contributed by atoms with E-state index in [9.17, 15) is 35.6 Å². The molecule has 0 saturated heterocycles. The number of hydrogen-bond donors (Lipinski definition) is 2. The van der Waals surface area contributed by atoms with Gasteiger partial charge in [-0.05, 0) is 64.1 Å². The lowest BCUT2D eigenvalue weighted by molar-refractivity contribution is -0.242. The SMILES string of the molecule is COC(C)(C)C(=O)NC[C@H]1CN(S(=O)(=O)c2ccc(F)c(Cl)c2)c2cc(NC(=O)OC(C)(C)C(F)(F)F)ccc2O1. The van der Waals surface area contributed by atoms with Gasteiger partial charge in [-0.15, -0.1) is 0 Å². The van der Waals surface area contributed by atoms with Gasteiger partial charge >= 0.3 is 12.3 Å². The summed E-state index contributed by atoms with van der Waals surface area (Å²) < 4.78 is 96.9. The van der Waals surface area contributed by atoms with E-state index in [1.807, 2.05) is 0 Å². The predicted octanol–water partition coefficient (Wildman–Crippen LogP) is 4.87. The molecule has 1 heterocycles. The molecular weight excluding hydrogens is 598 g/mol. The maximum atomic E-state index is 13.8. The Morgan fingerprint density at radius 1 is 1.12 bits per heavy atom. The van der Waals surface area contributed by atoms with Crippen LogP contribution in [0, 0.1) is 5.82 Å². The molecule has 0 saturated carbocycles. The number of nitrogens with one attached hydrogen (secondary N) is 2. The number of amides is 2. The van der Waals surface area contributed by atoms with Crippen LogP contribution in [-0.4, -0.2) is 64.1 Å². The zero-order valence-corrected chi connectivity index (χ0v) is 24.1. The van der Waals surface area contributed by atoms with E-state index in [0.29, 0.717) is 13.8 Å². The van der Waals surface area contributed by atoms with Crippen LogP contribution in [-0.2, 0) is 24.3 Å². The smallest absolute Gasteiger partial charge is 0.427 e. The van der Waals surface area contributed by atoms with Gasteiger partial charge < -0.3 is 19.5 Å². The van der Waals surface area contributed by atoms with Gasteiger partial charge in [0.25, 0.3) is 15.9 Å². The van der Waals surface area contributed by atoms with Gasteiger partial charge in [0.1, 0.15) is 23.3 Å². The van der Waals surface area contributed by atoms with Gasteiger partial charge in [-0.3, -0.25) is 14.4 Å². The zero-order chi connectivity index (χ0) is 31.0. The zero-order valence-electron chi connectivity index (χ0n) is 22.6. The Bertz CT molecular complexity index is 1430. The molecule has 10 nitrogen and oxygen atoms in total. The minimum Gasteiger partial charge on any atom is -0.484 e. The first-order valence-corrected chi connectivity index (χ1v) is 13.8. The lowest BCUT2D eigenvalue weighted by Crippen LogP contribution is -2.51. The molecule has 41 heavy (non-hydrogen) atoms. The van der Waals surface area contributed by atoms with Crippen LogP contribution in [0.4, 0.5) is 33.7 Å². The Kier molecular flexibility index (Phi) is 9.06. The van der Waals surface area contributed by atoms with Crippen molar-refractivity contribution in [2.24, 2.45) is 0 Å². The fourth-order valence-corrected chi connectivity index (χ4v) is 5.20. The van der Waals surface area contributed by atoms with Crippen molar-refractivity contribution in [1.29, 1.82) is 0 Å². The second-order valence-electron chi connectivity index (χ2n) is 9.98. The highest BCUT2D eigenvalue weighted by atomic mass is 35.5. The highest BCUT2D eigenvalue weighted by Gasteiger charge is 2.51. The molecule has 1 atom stereocenters. The molecule has 1 aliphatic rings. The Labute approximate surface area is 238 Å². The monoisotopic (exact) mass is 625 g/mol. The second-order valence-corrected chi connectivity index (χ2v) is 12.3. The third kappa shape index (κ3) is 7.13. The summed E-state index contributed by atoms with van der Waals surface area (Å²) in [6.07, 6.45) is -7.20. The van der Waals surface area contributed by atoms with Crippen LogP contribution in [0.2, 0.25) is 5.02 Å². The summed E-state index contributed by atoms with van der Waals surface area (Å²) in [6.45, 7) is 3.91. The fourth-order valence-electron chi connectivity index (χ4n) is 3.43. The van der Waals surface area contributed by atoms with Gasteiger partial charge in [0.2, 0.25) is 5.60 Å². The van der Waals surface area contributed by atoms with Crippen LogP contribution in [0.3, 0.4) is 0 Å². The first-order chi connectivity index (χ1) is 18.8. The van der Waals surface area contributed by atoms with Crippen LogP contribution >= 0.6 is 11.6 Å². The Balaban J connectivity index is 1.96. The van der Waals surface area contributed by atoms with Crippen molar-refractivity contribution in [2.45, 2.75) is 56.1 Å². The molecule has 0 unspecified atom stereocenters. The average Bonchev–Trinajstić information content (AvgIpc) is 2.87. The first kappa shape index (κ1) is 32.2. The number of rotatable bonds is 8. The number of alkyl halides is 3. The third-order valence-electron chi connectivity index (χ3n) is 6.19. The van der Waals surface area contributed by atoms with Crippen molar-refractivity contribution in [3.63, 3.8) is 0 Å². The second kappa shape index (κ2) is 11.5. The average molecular weight is 626 g/mol. The van der Waals surface area contributed by atoms with Gasteiger partial charge in [0.15, 0.2) is 0 Å². The maximum Gasteiger partial charge on any atom is 0.427 e. The van der Waals surface area contributed by atoms with E-state index in [2.05, 4.69) is 15.4 Å². The maximum absolute atomic E-state index is 13.8. The number of carbonyl (C=O) groups excluding carboxylic acids is 2. The van der Waals surface area contributed by atoms with Crippen molar-refractivity contribution in [3.8, 4) is 5.75 Å².